The molecule has 0 spiro atoms. The molecule has 0 saturated heterocycles. The van der Waals surface area contributed by atoms with Gasteiger partial charge in [0.2, 0.25) is 0 Å². The average molecular weight is 400 g/mol. The Bertz CT molecular complexity index is 967. The molecule has 0 aliphatic rings. The number of carbonyl (C=O) groups excluding carboxylic acids is 1. The monoisotopic (exact) mass is 399 g/mol. The topological polar surface area (TPSA) is 51.9 Å². The Kier molecular flexibility index (Phi) is 6.26. The van der Waals surface area contributed by atoms with Gasteiger partial charge in [-0.15, -0.1) is 0 Å². The van der Waals surface area contributed by atoms with Crippen molar-refractivity contribution in [3.05, 3.63) is 70.9 Å². The van der Waals surface area contributed by atoms with Gasteiger partial charge < -0.3 is 18.8 Å². The van der Waals surface area contributed by atoms with E-state index in [0.717, 1.165) is 11.1 Å². The van der Waals surface area contributed by atoms with Crippen LogP contribution in [0.1, 0.15) is 16.1 Å². The summed E-state index contributed by atoms with van der Waals surface area (Å²) in [5, 5.41) is 0.581. The zero-order valence-electron chi connectivity index (χ0n) is 16.1. The van der Waals surface area contributed by atoms with Crippen molar-refractivity contribution in [3.63, 3.8) is 0 Å². The molecule has 3 rings (SSSR count). The van der Waals surface area contributed by atoms with Gasteiger partial charge in [-0.2, -0.15) is 0 Å². The Hall–Kier alpha value is -2.92. The molecule has 28 heavy (non-hydrogen) atoms. The number of hydrogen-bond acceptors (Lipinski definition) is 4. The minimum absolute atomic E-state index is 0.182. The SMILES string of the molecule is COc1ccc(CCN(C)C(=O)c2ccc(-c3ccccc3Cl)o2)cc1OC. The van der Waals surface area contributed by atoms with Gasteiger partial charge in [0.05, 0.1) is 19.2 Å². The second-order valence-electron chi connectivity index (χ2n) is 6.31. The van der Waals surface area contributed by atoms with Crippen LogP contribution in [0.5, 0.6) is 11.5 Å². The molecule has 0 N–H and O–H groups in total. The van der Waals surface area contributed by atoms with E-state index in [2.05, 4.69) is 0 Å². The fourth-order valence-electron chi connectivity index (χ4n) is 2.88. The normalized spacial score (nSPS) is 10.6. The van der Waals surface area contributed by atoms with Gasteiger partial charge in [0.25, 0.3) is 5.91 Å². The first-order valence-corrected chi connectivity index (χ1v) is 9.22. The molecule has 2 aromatic carbocycles. The van der Waals surface area contributed by atoms with Crippen molar-refractivity contribution in [1.29, 1.82) is 0 Å². The lowest BCUT2D eigenvalue weighted by molar-refractivity contribution is 0.0766. The van der Waals surface area contributed by atoms with E-state index >= 15 is 0 Å². The van der Waals surface area contributed by atoms with Crippen LogP contribution >= 0.6 is 11.6 Å². The molecule has 0 unspecified atom stereocenters. The molecular formula is C22H22ClNO4. The van der Waals surface area contributed by atoms with Crippen molar-refractivity contribution < 1.29 is 18.7 Å². The predicted molar refractivity (Wildman–Crippen MR) is 109 cm³/mol. The molecule has 5 nitrogen and oxygen atoms in total. The van der Waals surface area contributed by atoms with E-state index in [4.69, 9.17) is 25.5 Å². The third kappa shape index (κ3) is 4.31. The van der Waals surface area contributed by atoms with E-state index in [1.807, 2.05) is 36.4 Å². The Morgan fingerprint density at radius 2 is 1.79 bits per heavy atom. The first-order valence-electron chi connectivity index (χ1n) is 8.84. The third-order valence-corrected chi connectivity index (χ3v) is 4.82. The highest BCUT2D eigenvalue weighted by Gasteiger charge is 2.17. The predicted octanol–water partition coefficient (Wildman–Crippen LogP) is 4.93. The standard InChI is InChI=1S/C22H22ClNO4/c1-24(13-12-15-8-9-19(26-2)21(14-15)27-3)22(25)20-11-10-18(28-20)16-6-4-5-7-17(16)23/h4-11,14H,12-13H2,1-3H3. The summed E-state index contributed by atoms with van der Waals surface area (Å²) in [5.41, 5.74) is 1.81. The fraction of sp³-hybridized carbons (Fsp3) is 0.227. The quantitative estimate of drug-likeness (QED) is 0.565. The highest BCUT2D eigenvalue weighted by Crippen LogP contribution is 2.30. The maximum absolute atomic E-state index is 12.7. The maximum Gasteiger partial charge on any atom is 0.289 e. The molecule has 0 fully saturated rings. The van der Waals surface area contributed by atoms with Crippen molar-refractivity contribution in [2.45, 2.75) is 6.42 Å². The van der Waals surface area contributed by atoms with Gasteiger partial charge >= 0.3 is 0 Å². The number of methoxy groups -OCH3 is 2. The van der Waals surface area contributed by atoms with Crippen molar-refractivity contribution in [3.8, 4) is 22.8 Å². The number of halogens is 1. The van der Waals surface area contributed by atoms with Crippen LogP contribution < -0.4 is 9.47 Å². The minimum Gasteiger partial charge on any atom is -0.493 e. The number of benzene rings is 2. The van der Waals surface area contributed by atoms with Crippen molar-refractivity contribution in [1.82, 2.24) is 4.90 Å². The van der Waals surface area contributed by atoms with Gasteiger partial charge in [-0.1, -0.05) is 29.8 Å². The van der Waals surface area contributed by atoms with Crippen LogP contribution in [0.4, 0.5) is 0 Å². The largest absolute Gasteiger partial charge is 0.493 e. The van der Waals surface area contributed by atoms with Gasteiger partial charge in [0.15, 0.2) is 17.3 Å². The zero-order valence-corrected chi connectivity index (χ0v) is 16.8. The Morgan fingerprint density at radius 3 is 2.50 bits per heavy atom. The summed E-state index contributed by atoms with van der Waals surface area (Å²) in [6, 6.07) is 16.5. The van der Waals surface area contributed by atoms with E-state index in [1.165, 1.54) is 0 Å². The van der Waals surface area contributed by atoms with Crippen LogP contribution in [0.25, 0.3) is 11.3 Å². The summed E-state index contributed by atoms with van der Waals surface area (Å²) in [5.74, 6) is 2.02. The van der Waals surface area contributed by atoms with Crippen LogP contribution in [-0.2, 0) is 6.42 Å². The van der Waals surface area contributed by atoms with Gasteiger partial charge in [-0.05, 0) is 48.4 Å². The molecule has 1 heterocycles. The molecule has 0 radical (unpaired) electrons. The zero-order chi connectivity index (χ0) is 20.1. The van der Waals surface area contributed by atoms with Crippen molar-refractivity contribution >= 4 is 17.5 Å². The van der Waals surface area contributed by atoms with E-state index in [9.17, 15) is 4.79 Å². The van der Waals surface area contributed by atoms with Gasteiger partial charge in [0, 0.05) is 19.2 Å². The molecule has 0 bridgehead atoms. The Labute approximate surface area is 169 Å². The summed E-state index contributed by atoms with van der Waals surface area (Å²) < 4.78 is 16.3. The third-order valence-electron chi connectivity index (χ3n) is 4.49. The number of furan rings is 1. The summed E-state index contributed by atoms with van der Waals surface area (Å²) in [6.07, 6.45) is 0.681. The molecule has 146 valence electrons. The maximum atomic E-state index is 12.7. The fourth-order valence-corrected chi connectivity index (χ4v) is 3.11. The number of amides is 1. The molecular weight excluding hydrogens is 378 g/mol. The number of likely N-dealkylation sites (N-methyl/N-ethyl adjacent to an activating group) is 1. The smallest absolute Gasteiger partial charge is 0.289 e. The second kappa shape index (κ2) is 8.85. The van der Waals surface area contributed by atoms with E-state index in [1.54, 1.807) is 44.4 Å². The molecule has 0 aliphatic heterocycles. The molecule has 6 heteroatoms. The lowest BCUT2D eigenvalue weighted by Crippen LogP contribution is -2.28. The average Bonchev–Trinajstić information content (AvgIpc) is 3.21. The van der Waals surface area contributed by atoms with Crippen LogP contribution in [-0.4, -0.2) is 38.6 Å². The van der Waals surface area contributed by atoms with E-state index in [-0.39, 0.29) is 11.7 Å². The lowest BCUT2D eigenvalue weighted by atomic mass is 10.1. The van der Waals surface area contributed by atoms with Crippen LogP contribution in [0.3, 0.4) is 0 Å². The number of rotatable bonds is 7. The van der Waals surface area contributed by atoms with Gasteiger partial charge in [-0.25, -0.2) is 0 Å². The first-order chi connectivity index (χ1) is 13.5. The number of nitrogens with zero attached hydrogens (tertiary/aromatic N) is 1. The van der Waals surface area contributed by atoms with Crippen LogP contribution in [0.2, 0.25) is 5.02 Å². The molecule has 1 aromatic heterocycles. The molecule has 0 saturated carbocycles. The van der Waals surface area contributed by atoms with Gasteiger partial charge in [-0.3, -0.25) is 4.79 Å². The van der Waals surface area contributed by atoms with E-state index in [0.29, 0.717) is 35.2 Å². The van der Waals surface area contributed by atoms with E-state index < -0.39 is 0 Å². The number of carbonyl (C=O) groups is 1. The summed E-state index contributed by atoms with van der Waals surface area (Å²) >= 11 is 6.20. The molecule has 0 aliphatic carbocycles. The second-order valence-corrected chi connectivity index (χ2v) is 6.72. The van der Waals surface area contributed by atoms with Gasteiger partial charge in [0.1, 0.15) is 5.76 Å². The number of ether oxygens (including phenoxy) is 2. The van der Waals surface area contributed by atoms with Crippen molar-refractivity contribution in [2.24, 2.45) is 0 Å². The summed E-state index contributed by atoms with van der Waals surface area (Å²) in [7, 11) is 4.95. The highest BCUT2D eigenvalue weighted by atomic mass is 35.5. The summed E-state index contributed by atoms with van der Waals surface area (Å²) in [6.45, 7) is 0.538. The Balaban J connectivity index is 1.66. The molecule has 1 amide bonds. The van der Waals surface area contributed by atoms with Crippen molar-refractivity contribution in [2.75, 3.05) is 27.8 Å². The first kappa shape index (κ1) is 19.8. The molecule has 0 atom stereocenters. The van der Waals surface area contributed by atoms with Crippen LogP contribution in [0, 0.1) is 0 Å². The highest BCUT2D eigenvalue weighted by molar-refractivity contribution is 6.33. The minimum atomic E-state index is -0.182. The Morgan fingerprint density at radius 1 is 1.04 bits per heavy atom. The molecule has 3 aromatic rings. The number of hydrogen-bond donors (Lipinski definition) is 0. The van der Waals surface area contributed by atoms with Crippen LogP contribution in [0.15, 0.2) is 59.0 Å². The summed E-state index contributed by atoms with van der Waals surface area (Å²) in [4.78, 5) is 14.3. The lowest BCUT2D eigenvalue weighted by Gasteiger charge is -2.16.